The molecule has 4 aliphatic heterocycles. The standard InChI is InChI=1S/C40H58N4O3S/c1-4-8-30-10-5-6-12-36(30)34-24-44-23-33-13-15-37(33)32(22-42-17-19-43(20-18-42)35-26-46-27-35)11-7-9-28(2)29(3)48-41-40(45)31-14-16-39(47-25-34)38(44)21-31/h5-6,10,12,14,16,21,28-29,32-35,37H,4,7-9,11,13,15,17-20,22-27H2,1-3H3,(H,41,45). The van der Waals surface area contributed by atoms with E-state index in [0.29, 0.717) is 29.7 Å². The summed E-state index contributed by atoms with van der Waals surface area (Å²) < 4.78 is 15.3. The van der Waals surface area contributed by atoms with Crippen molar-refractivity contribution in [2.45, 2.75) is 82.9 Å². The molecule has 0 spiro atoms. The van der Waals surface area contributed by atoms with Crippen molar-refractivity contribution in [2.75, 3.05) is 70.5 Å². The molecule has 3 fully saturated rings. The topological polar surface area (TPSA) is 57.3 Å². The molecule has 8 heteroatoms. The zero-order valence-corrected chi connectivity index (χ0v) is 30.4. The Morgan fingerprint density at radius 2 is 1.77 bits per heavy atom. The number of anilines is 1. The summed E-state index contributed by atoms with van der Waals surface area (Å²) in [7, 11) is 0. The molecule has 2 aromatic rings. The molecule has 6 atom stereocenters. The molecule has 7 rings (SSSR count). The molecule has 48 heavy (non-hydrogen) atoms. The maximum atomic E-state index is 13.5. The first-order chi connectivity index (χ1) is 23.5. The second-order valence-corrected chi connectivity index (χ2v) is 16.7. The first-order valence-electron chi connectivity index (χ1n) is 19.1. The number of benzene rings is 2. The summed E-state index contributed by atoms with van der Waals surface area (Å²) in [5.74, 6) is 3.90. The highest BCUT2D eigenvalue weighted by atomic mass is 32.2. The molecule has 2 aromatic carbocycles. The van der Waals surface area contributed by atoms with Crippen molar-refractivity contribution in [3.63, 3.8) is 0 Å². The molecule has 2 saturated heterocycles. The molecule has 4 heterocycles. The Kier molecular flexibility index (Phi) is 11.2. The van der Waals surface area contributed by atoms with Crippen LogP contribution in [0.4, 0.5) is 5.69 Å². The monoisotopic (exact) mass is 674 g/mol. The lowest BCUT2D eigenvalue weighted by atomic mass is 9.65. The molecule has 0 aromatic heterocycles. The third kappa shape index (κ3) is 7.72. The van der Waals surface area contributed by atoms with Gasteiger partial charge in [0.2, 0.25) is 0 Å². The first kappa shape index (κ1) is 34.2. The second-order valence-electron chi connectivity index (χ2n) is 15.5. The van der Waals surface area contributed by atoms with Gasteiger partial charge in [-0.3, -0.25) is 14.4 Å². The van der Waals surface area contributed by atoms with Crippen LogP contribution in [0.1, 0.15) is 86.7 Å². The van der Waals surface area contributed by atoms with Crippen molar-refractivity contribution in [1.82, 2.24) is 14.5 Å². The Hall–Kier alpha value is -2.26. The van der Waals surface area contributed by atoms with Gasteiger partial charge in [0.25, 0.3) is 5.91 Å². The van der Waals surface area contributed by atoms with Gasteiger partial charge in [0.15, 0.2) is 0 Å². The molecule has 7 nitrogen and oxygen atoms in total. The zero-order valence-electron chi connectivity index (χ0n) is 29.6. The van der Waals surface area contributed by atoms with Crippen molar-refractivity contribution in [3.05, 3.63) is 59.2 Å². The van der Waals surface area contributed by atoms with Crippen molar-refractivity contribution in [2.24, 2.45) is 23.7 Å². The van der Waals surface area contributed by atoms with Gasteiger partial charge >= 0.3 is 0 Å². The minimum atomic E-state index is -0.00509. The Balaban J connectivity index is 1.15. The summed E-state index contributed by atoms with van der Waals surface area (Å²) in [5, 5.41) is 0.366. The molecule has 1 amide bonds. The van der Waals surface area contributed by atoms with Gasteiger partial charge in [-0.05, 0) is 97.0 Å². The van der Waals surface area contributed by atoms with Crippen LogP contribution < -0.4 is 14.4 Å². The number of nitrogens with zero attached hydrogens (tertiary/aromatic N) is 3. The molecular formula is C40H58N4O3S. The quantitative estimate of drug-likeness (QED) is 0.336. The minimum Gasteiger partial charge on any atom is -0.491 e. The summed E-state index contributed by atoms with van der Waals surface area (Å²) in [6.07, 6.45) is 8.66. The van der Waals surface area contributed by atoms with E-state index in [2.05, 4.69) is 70.5 Å². The maximum Gasteiger partial charge on any atom is 0.261 e. The van der Waals surface area contributed by atoms with Crippen LogP contribution in [0.25, 0.3) is 0 Å². The van der Waals surface area contributed by atoms with Gasteiger partial charge < -0.3 is 19.3 Å². The van der Waals surface area contributed by atoms with E-state index in [1.165, 1.54) is 76.0 Å². The average molecular weight is 675 g/mol. The van der Waals surface area contributed by atoms with Crippen LogP contribution in [-0.2, 0) is 11.2 Å². The predicted octanol–water partition coefficient (Wildman–Crippen LogP) is 6.87. The van der Waals surface area contributed by atoms with E-state index in [1.807, 2.05) is 12.1 Å². The third-order valence-corrected chi connectivity index (χ3v) is 13.5. The fourth-order valence-electron chi connectivity index (χ4n) is 8.93. The summed E-state index contributed by atoms with van der Waals surface area (Å²) in [6.45, 7) is 17.3. The van der Waals surface area contributed by atoms with Crippen LogP contribution in [0.5, 0.6) is 5.75 Å². The zero-order chi connectivity index (χ0) is 33.0. The lowest BCUT2D eigenvalue weighted by Gasteiger charge is -2.48. The van der Waals surface area contributed by atoms with Gasteiger partial charge in [0.05, 0.1) is 31.5 Å². The van der Waals surface area contributed by atoms with Crippen molar-refractivity contribution in [3.8, 4) is 5.75 Å². The van der Waals surface area contributed by atoms with Gasteiger partial charge in [0.1, 0.15) is 5.75 Å². The van der Waals surface area contributed by atoms with Gasteiger partial charge in [-0.25, -0.2) is 0 Å². The lowest BCUT2D eigenvalue weighted by Crippen LogP contribution is -2.57. The summed E-state index contributed by atoms with van der Waals surface area (Å²) in [6, 6.07) is 15.8. The molecule has 1 aliphatic carbocycles. The fourth-order valence-corrected chi connectivity index (χ4v) is 9.71. The number of hydrogen-bond donors (Lipinski definition) is 1. The number of hydrogen-bond acceptors (Lipinski definition) is 7. The lowest BCUT2D eigenvalue weighted by molar-refractivity contribution is -0.0789. The molecular weight excluding hydrogens is 617 g/mol. The van der Waals surface area contributed by atoms with Crippen LogP contribution in [-0.4, -0.2) is 92.6 Å². The molecule has 0 radical (unpaired) electrons. The van der Waals surface area contributed by atoms with Gasteiger partial charge in [-0.1, -0.05) is 57.9 Å². The molecule has 1 N–H and O–H groups in total. The maximum absolute atomic E-state index is 13.5. The Bertz CT molecular complexity index is 1380. The number of nitrogens with one attached hydrogen (secondary N) is 1. The predicted molar refractivity (Wildman–Crippen MR) is 197 cm³/mol. The van der Waals surface area contributed by atoms with E-state index in [0.717, 1.165) is 68.0 Å². The number of rotatable bonds is 6. The summed E-state index contributed by atoms with van der Waals surface area (Å²) in [5.41, 5.74) is 4.69. The largest absolute Gasteiger partial charge is 0.491 e. The molecule has 262 valence electrons. The van der Waals surface area contributed by atoms with Crippen LogP contribution in [0.2, 0.25) is 0 Å². The van der Waals surface area contributed by atoms with E-state index in [1.54, 1.807) is 11.9 Å². The SMILES string of the molecule is CCCc1ccccc1C1COc2ccc3cc2N(C1)CC1CCC1C(CN1CCN(C2COC2)CC1)CCCC(C)C(C)SNC3=O. The van der Waals surface area contributed by atoms with E-state index in [4.69, 9.17) is 9.47 Å². The molecule has 6 unspecified atom stereocenters. The van der Waals surface area contributed by atoms with E-state index < -0.39 is 0 Å². The highest BCUT2D eigenvalue weighted by Crippen LogP contribution is 2.45. The molecule has 2 bridgehead atoms. The number of carbonyl (C=O) groups is 1. The highest BCUT2D eigenvalue weighted by Gasteiger charge is 2.40. The normalized spacial score (nSPS) is 31.1. The average Bonchev–Trinajstić information content (AvgIpc) is 3.24. The van der Waals surface area contributed by atoms with Gasteiger partial charge in [-0.15, -0.1) is 0 Å². The number of piperazine rings is 1. The summed E-state index contributed by atoms with van der Waals surface area (Å²) >= 11 is 1.60. The summed E-state index contributed by atoms with van der Waals surface area (Å²) in [4.78, 5) is 21.5. The van der Waals surface area contributed by atoms with Gasteiger partial charge in [0, 0.05) is 62.5 Å². The van der Waals surface area contributed by atoms with E-state index in [9.17, 15) is 4.79 Å². The van der Waals surface area contributed by atoms with Crippen LogP contribution >= 0.6 is 11.9 Å². The smallest absolute Gasteiger partial charge is 0.261 e. The van der Waals surface area contributed by atoms with E-state index >= 15 is 0 Å². The first-order valence-corrected chi connectivity index (χ1v) is 19.9. The van der Waals surface area contributed by atoms with Crippen LogP contribution in [0, 0.1) is 23.7 Å². The van der Waals surface area contributed by atoms with Crippen LogP contribution in [0.15, 0.2) is 42.5 Å². The number of amides is 1. The molecule has 5 aliphatic rings. The number of fused-ring (bicyclic) bond motifs is 2. The van der Waals surface area contributed by atoms with Crippen molar-refractivity contribution in [1.29, 1.82) is 0 Å². The number of carbonyl (C=O) groups excluding carboxylic acids is 1. The third-order valence-electron chi connectivity index (χ3n) is 12.4. The van der Waals surface area contributed by atoms with Crippen molar-refractivity contribution < 1.29 is 14.3 Å². The number of aryl methyl sites for hydroxylation is 1. The second kappa shape index (κ2) is 15.7. The van der Waals surface area contributed by atoms with Gasteiger partial charge in [-0.2, -0.15) is 0 Å². The van der Waals surface area contributed by atoms with Crippen LogP contribution in [0.3, 0.4) is 0 Å². The number of ether oxygens (including phenoxy) is 2. The van der Waals surface area contributed by atoms with Crippen molar-refractivity contribution >= 4 is 23.5 Å². The Morgan fingerprint density at radius 3 is 2.52 bits per heavy atom. The minimum absolute atomic E-state index is 0.00509. The Morgan fingerprint density at radius 1 is 0.938 bits per heavy atom. The molecule has 1 saturated carbocycles. The van der Waals surface area contributed by atoms with E-state index in [-0.39, 0.29) is 11.8 Å². The fraction of sp³-hybridized carbons (Fsp3) is 0.675. The highest BCUT2D eigenvalue weighted by molar-refractivity contribution is 7.98. The Labute approximate surface area is 293 Å².